The van der Waals surface area contributed by atoms with E-state index in [-0.39, 0.29) is 10.7 Å². The molecule has 0 unspecified atom stereocenters. The molecule has 4 N–H and O–H groups in total. The van der Waals surface area contributed by atoms with Gasteiger partial charge in [0.2, 0.25) is 0 Å². The quantitative estimate of drug-likeness (QED) is 0.594. The number of hydrogen-bond donors (Lipinski definition) is 3. The second kappa shape index (κ2) is 5.34. The van der Waals surface area contributed by atoms with E-state index in [4.69, 9.17) is 11.1 Å². The Kier molecular flexibility index (Phi) is 3.76. The lowest BCUT2D eigenvalue weighted by molar-refractivity contribution is 0.601. The minimum absolute atomic E-state index is 0.163. The van der Waals surface area contributed by atoms with E-state index in [1.54, 1.807) is 43.3 Å². The fraction of sp³-hybridized carbons (Fsp3) is 0.0714. The topological polar surface area (TPSA) is 96.0 Å². The number of benzene rings is 2. The Labute approximate surface area is 118 Å². The van der Waals surface area contributed by atoms with Crippen LogP contribution in [0.4, 0.5) is 5.69 Å². The van der Waals surface area contributed by atoms with E-state index in [0.717, 1.165) is 5.56 Å². The molecule has 2 aromatic rings. The average Bonchev–Trinajstić information content (AvgIpc) is 2.39. The van der Waals surface area contributed by atoms with E-state index in [1.807, 2.05) is 0 Å². The van der Waals surface area contributed by atoms with Gasteiger partial charge in [-0.1, -0.05) is 30.3 Å². The summed E-state index contributed by atoms with van der Waals surface area (Å²) < 4.78 is 27.0. The van der Waals surface area contributed by atoms with Crippen LogP contribution in [-0.4, -0.2) is 14.3 Å². The number of anilines is 1. The molecular weight excluding hydrogens is 274 g/mol. The van der Waals surface area contributed by atoms with Gasteiger partial charge >= 0.3 is 0 Å². The molecule has 0 saturated carbocycles. The largest absolute Gasteiger partial charge is 0.384 e. The highest BCUT2D eigenvalue weighted by molar-refractivity contribution is 7.92. The van der Waals surface area contributed by atoms with Crippen molar-refractivity contribution in [1.29, 1.82) is 5.41 Å². The first-order chi connectivity index (χ1) is 9.42. The Balaban J connectivity index is 2.46. The van der Waals surface area contributed by atoms with Crippen molar-refractivity contribution in [3.8, 4) is 0 Å². The van der Waals surface area contributed by atoms with Crippen molar-refractivity contribution in [3.63, 3.8) is 0 Å². The molecule has 0 aliphatic carbocycles. The van der Waals surface area contributed by atoms with Gasteiger partial charge in [0.1, 0.15) is 5.84 Å². The molecule has 0 atom stereocenters. The van der Waals surface area contributed by atoms with E-state index < -0.39 is 10.0 Å². The molecule has 2 rings (SSSR count). The monoisotopic (exact) mass is 289 g/mol. The summed E-state index contributed by atoms with van der Waals surface area (Å²) in [4.78, 5) is 0.163. The van der Waals surface area contributed by atoms with Crippen molar-refractivity contribution in [2.45, 2.75) is 11.8 Å². The Morgan fingerprint density at radius 2 is 1.75 bits per heavy atom. The summed E-state index contributed by atoms with van der Waals surface area (Å²) in [6.45, 7) is 1.77. The zero-order valence-electron chi connectivity index (χ0n) is 10.9. The molecule has 0 spiro atoms. The zero-order chi connectivity index (χ0) is 14.8. The van der Waals surface area contributed by atoms with Gasteiger partial charge in [-0.05, 0) is 30.7 Å². The SMILES string of the molecule is Cc1cccc(NS(=O)(=O)c2ccccc2)c1C(=N)N. The molecule has 6 heteroatoms. The molecule has 0 aliphatic rings. The maximum absolute atomic E-state index is 12.3. The molecule has 0 aromatic heterocycles. The first-order valence-corrected chi connectivity index (χ1v) is 7.42. The smallest absolute Gasteiger partial charge is 0.261 e. The minimum Gasteiger partial charge on any atom is -0.384 e. The molecule has 2 aromatic carbocycles. The van der Waals surface area contributed by atoms with Crippen LogP contribution in [0.25, 0.3) is 0 Å². The molecule has 5 nitrogen and oxygen atoms in total. The number of nitrogen functional groups attached to an aromatic ring is 1. The van der Waals surface area contributed by atoms with E-state index in [1.165, 1.54) is 12.1 Å². The van der Waals surface area contributed by atoms with Crippen LogP contribution in [0.3, 0.4) is 0 Å². The van der Waals surface area contributed by atoms with Crippen molar-refractivity contribution in [2.24, 2.45) is 5.73 Å². The highest BCUT2D eigenvalue weighted by Gasteiger charge is 2.17. The van der Waals surface area contributed by atoms with Gasteiger partial charge in [0.25, 0.3) is 10.0 Å². The van der Waals surface area contributed by atoms with Crippen LogP contribution >= 0.6 is 0 Å². The van der Waals surface area contributed by atoms with E-state index in [0.29, 0.717) is 11.3 Å². The van der Waals surface area contributed by atoms with Crippen LogP contribution in [0.15, 0.2) is 53.4 Å². The lowest BCUT2D eigenvalue weighted by Gasteiger charge is -2.13. The zero-order valence-corrected chi connectivity index (χ0v) is 11.7. The number of aryl methyl sites for hydroxylation is 1. The van der Waals surface area contributed by atoms with E-state index in [2.05, 4.69) is 4.72 Å². The summed E-state index contributed by atoms with van der Waals surface area (Å²) in [5.41, 5.74) is 6.97. The van der Waals surface area contributed by atoms with Gasteiger partial charge < -0.3 is 5.73 Å². The highest BCUT2D eigenvalue weighted by atomic mass is 32.2. The van der Waals surface area contributed by atoms with Gasteiger partial charge in [0.15, 0.2) is 0 Å². The summed E-state index contributed by atoms with van der Waals surface area (Å²) in [5, 5.41) is 7.57. The first kappa shape index (κ1) is 14.1. The average molecular weight is 289 g/mol. The van der Waals surface area contributed by atoms with E-state index in [9.17, 15) is 8.42 Å². The fourth-order valence-corrected chi connectivity index (χ4v) is 3.01. The van der Waals surface area contributed by atoms with Crippen LogP contribution in [0, 0.1) is 12.3 Å². The first-order valence-electron chi connectivity index (χ1n) is 5.93. The maximum atomic E-state index is 12.3. The Hall–Kier alpha value is -2.34. The van der Waals surface area contributed by atoms with Crippen molar-refractivity contribution >= 4 is 21.5 Å². The third-order valence-corrected chi connectivity index (χ3v) is 4.22. The molecule has 0 aliphatic heterocycles. The van der Waals surface area contributed by atoms with Crippen LogP contribution in [0.5, 0.6) is 0 Å². The lowest BCUT2D eigenvalue weighted by Crippen LogP contribution is -2.19. The third-order valence-electron chi connectivity index (χ3n) is 2.84. The molecule has 0 radical (unpaired) electrons. The van der Waals surface area contributed by atoms with Gasteiger partial charge in [-0.25, -0.2) is 8.42 Å². The van der Waals surface area contributed by atoms with Gasteiger partial charge in [0.05, 0.1) is 10.6 Å². The fourth-order valence-electron chi connectivity index (χ4n) is 1.91. The standard InChI is InChI=1S/C14H15N3O2S/c1-10-6-5-9-12(13(10)14(15)16)17-20(18,19)11-7-3-2-4-8-11/h2-9,17H,1H3,(H3,15,16). The number of rotatable bonds is 4. The van der Waals surface area contributed by atoms with Gasteiger partial charge in [-0.2, -0.15) is 0 Å². The maximum Gasteiger partial charge on any atom is 0.261 e. The minimum atomic E-state index is -3.69. The number of amidine groups is 1. The molecule has 104 valence electrons. The van der Waals surface area contributed by atoms with Crippen molar-refractivity contribution in [2.75, 3.05) is 4.72 Å². The van der Waals surface area contributed by atoms with Crippen LogP contribution in [0.1, 0.15) is 11.1 Å². The van der Waals surface area contributed by atoms with Crippen molar-refractivity contribution in [1.82, 2.24) is 0 Å². The van der Waals surface area contributed by atoms with E-state index >= 15 is 0 Å². The number of nitrogens with one attached hydrogen (secondary N) is 2. The predicted octanol–water partition coefficient (Wildman–Crippen LogP) is 2.08. The molecular formula is C14H15N3O2S. The Morgan fingerprint density at radius 3 is 2.35 bits per heavy atom. The molecule has 0 fully saturated rings. The highest BCUT2D eigenvalue weighted by Crippen LogP contribution is 2.22. The molecule has 0 heterocycles. The van der Waals surface area contributed by atoms with Crippen molar-refractivity contribution in [3.05, 3.63) is 59.7 Å². The summed E-state index contributed by atoms with van der Waals surface area (Å²) in [7, 11) is -3.69. The third kappa shape index (κ3) is 2.80. The second-order valence-corrected chi connectivity index (χ2v) is 6.01. The number of sulfonamides is 1. The van der Waals surface area contributed by atoms with Crippen LogP contribution < -0.4 is 10.5 Å². The summed E-state index contributed by atoms with van der Waals surface area (Å²) in [6.07, 6.45) is 0. The molecule has 0 bridgehead atoms. The summed E-state index contributed by atoms with van der Waals surface area (Å²) in [6, 6.07) is 13.1. The molecule has 0 amide bonds. The second-order valence-electron chi connectivity index (χ2n) is 4.33. The van der Waals surface area contributed by atoms with Gasteiger partial charge in [-0.3, -0.25) is 10.1 Å². The van der Waals surface area contributed by atoms with Gasteiger partial charge in [0, 0.05) is 5.56 Å². The van der Waals surface area contributed by atoms with Crippen LogP contribution in [-0.2, 0) is 10.0 Å². The summed E-state index contributed by atoms with van der Waals surface area (Å²) in [5.74, 6) is -0.172. The summed E-state index contributed by atoms with van der Waals surface area (Å²) >= 11 is 0. The number of nitrogens with two attached hydrogens (primary N) is 1. The normalized spacial score (nSPS) is 11.1. The van der Waals surface area contributed by atoms with Crippen LogP contribution in [0.2, 0.25) is 0 Å². The predicted molar refractivity (Wildman–Crippen MR) is 79.4 cm³/mol. The Morgan fingerprint density at radius 1 is 1.10 bits per heavy atom. The van der Waals surface area contributed by atoms with Crippen molar-refractivity contribution < 1.29 is 8.42 Å². The molecule has 20 heavy (non-hydrogen) atoms. The molecule has 0 saturated heterocycles. The Bertz CT molecular complexity index is 740. The lowest BCUT2D eigenvalue weighted by atomic mass is 10.1. The van der Waals surface area contributed by atoms with Gasteiger partial charge in [-0.15, -0.1) is 0 Å². The number of hydrogen-bond acceptors (Lipinski definition) is 3.